The summed E-state index contributed by atoms with van der Waals surface area (Å²) in [5, 5.41) is 97.1. The van der Waals surface area contributed by atoms with Crippen molar-refractivity contribution in [2.24, 2.45) is 5.41 Å². The number of aliphatic hydroxyl groups is 4. The summed E-state index contributed by atoms with van der Waals surface area (Å²) in [6.07, 6.45) is 0. The monoisotopic (exact) mass is 824 g/mol. The summed E-state index contributed by atoms with van der Waals surface area (Å²) >= 11 is 0. The predicted octanol–water partition coefficient (Wildman–Crippen LogP) is 3.12. The van der Waals surface area contributed by atoms with Crippen LogP contribution in [-0.2, 0) is 38.4 Å². The first-order valence-corrected chi connectivity index (χ1v) is 14.9. The average Bonchev–Trinajstić information content (AvgIpc) is 3.08. The van der Waals surface area contributed by atoms with Gasteiger partial charge in [0.15, 0.2) is 0 Å². The molecule has 0 aliphatic carbocycles. The van der Waals surface area contributed by atoms with E-state index in [0.717, 1.165) is 0 Å². The first-order valence-electron chi connectivity index (χ1n) is 14.9. The Kier molecular flexibility index (Phi) is 55.4. The van der Waals surface area contributed by atoms with Crippen molar-refractivity contribution in [1.29, 1.82) is 0 Å². The normalized spacial score (nSPS) is 8.21. The second kappa shape index (κ2) is 43.9. The fourth-order valence-electron chi connectivity index (χ4n) is 0.300. The average molecular weight is 825 g/mol. The number of hydrogen-bond acceptors (Lipinski definition) is 12. The molecular formula is C37H60O20. The maximum absolute atomic E-state index is 9.60. The molecule has 57 heavy (non-hydrogen) atoms. The van der Waals surface area contributed by atoms with Crippen LogP contribution in [0.3, 0.4) is 0 Å². The minimum Gasteiger partial charge on any atom is -0.478 e. The Labute approximate surface area is 331 Å². The van der Waals surface area contributed by atoms with Crippen molar-refractivity contribution >= 4 is 47.8 Å². The van der Waals surface area contributed by atoms with Gasteiger partial charge in [-0.2, -0.15) is 0 Å². The van der Waals surface area contributed by atoms with E-state index in [1.807, 2.05) is 0 Å². The third-order valence-corrected chi connectivity index (χ3v) is 4.26. The van der Waals surface area contributed by atoms with E-state index in [9.17, 15) is 38.4 Å². The van der Waals surface area contributed by atoms with Crippen LogP contribution in [0.4, 0.5) is 0 Å². The first-order chi connectivity index (χ1) is 25.4. The molecule has 20 heteroatoms. The van der Waals surface area contributed by atoms with E-state index in [1.165, 1.54) is 55.4 Å². The van der Waals surface area contributed by atoms with E-state index in [0.29, 0.717) is 0 Å². The van der Waals surface area contributed by atoms with Crippen molar-refractivity contribution in [2.45, 2.75) is 55.4 Å². The van der Waals surface area contributed by atoms with Crippen LogP contribution in [0.25, 0.3) is 0 Å². The molecule has 0 amide bonds. The Morgan fingerprint density at radius 1 is 0.281 bits per heavy atom. The summed E-state index contributed by atoms with van der Waals surface area (Å²) in [5.74, 6) is -7.48. The number of carboxylic acid groups (broad SMARTS) is 8. The molecule has 328 valence electrons. The van der Waals surface area contributed by atoms with Crippen LogP contribution in [-0.4, -0.2) is 135 Å². The number of aliphatic carboxylic acids is 8. The van der Waals surface area contributed by atoms with E-state index in [2.05, 4.69) is 52.6 Å². The van der Waals surface area contributed by atoms with Crippen molar-refractivity contribution in [3.05, 3.63) is 97.2 Å². The van der Waals surface area contributed by atoms with Crippen molar-refractivity contribution in [1.82, 2.24) is 0 Å². The van der Waals surface area contributed by atoms with Gasteiger partial charge in [0, 0.05) is 44.6 Å². The molecule has 0 fully saturated rings. The first kappa shape index (κ1) is 71.9. The van der Waals surface area contributed by atoms with Crippen LogP contribution in [0.5, 0.6) is 0 Å². The summed E-state index contributed by atoms with van der Waals surface area (Å²) in [5.41, 5.74) is 0.296. The smallest absolute Gasteiger partial charge is 0.330 e. The quantitative estimate of drug-likeness (QED) is 0.126. The fraction of sp³-hybridized carbons (Fsp3) is 0.351. The van der Waals surface area contributed by atoms with Gasteiger partial charge in [0.25, 0.3) is 0 Å². The predicted molar refractivity (Wildman–Crippen MR) is 210 cm³/mol. The number of carboxylic acids is 8. The Morgan fingerprint density at radius 2 is 0.333 bits per heavy atom. The fourth-order valence-corrected chi connectivity index (χ4v) is 0.300. The molecule has 0 aliphatic heterocycles. The molecule has 0 aromatic rings. The Hall–Kier alpha value is -6.48. The highest BCUT2D eigenvalue weighted by Gasteiger charge is 2.26. The Morgan fingerprint density at radius 3 is 0.333 bits per heavy atom. The van der Waals surface area contributed by atoms with E-state index >= 15 is 0 Å². The lowest BCUT2D eigenvalue weighted by atomic mass is 9.93. The van der Waals surface area contributed by atoms with Gasteiger partial charge in [0.1, 0.15) is 0 Å². The van der Waals surface area contributed by atoms with Crippen LogP contribution < -0.4 is 0 Å². The molecule has 0 atom stereocenters. The third-order valence-electron chi connectivity index (χ3n) is 4.26. The van der Waals surface area contributed by atoms with Gasteiger partial charge in [-0.1, -0.05) is 52.6 Å². The van der Waals surface area contributed by atoms with Gasteiger partial charge in [0.2, 0.25) is 0 Å². The second-order valence-corrected chi connectivity index (χ2v) is 10.8. The van der Waals surface area contributed by atoms with E-state index in [1.54, 1.807) is 0 Å². The molecule has 0 unspecified atom stereocenters. The lowest BCUT2D eigenvalue weighted by Crippen LogP contribution is -2.37. The molecule has 0 bridgehead atoms. The van der Waals surface area contributed by atoms with Crippen molar-refractivity contribution in [2.75, 3.05) is 26.4 Å². The summed E-state index contributed by atoms with van der Waals surface area (Å²) < 4.78 is 0. The Balaban J connectivity index is -0.0000000652. The summed E-state index contributed by atoms with van der Waals surface area (Å²) in [6.45, 7) is 35.2. The van der Waals surface area contributed by atoms with E-state index < -0.39 is 79.6 Å². The number of rotatable bonds is 12. The molecule has 20 nitrogen and oxygen atoms in total. The zero-order chi connectivity index (χ0) is 48.6. The molecule has 0 saturated heterocycles. The standard InChI is InChI=1S/C5H12O4.8C4H6O2/c6-1-5(2-7,3-8)4-9;8*1-3(2)4(5)6/h6-9H,1-4H2;8*1H2,2H3,(H,5,6). The van der Waals surface area contributed by atoms with Crippen molar-refractivity contribution in [3.8, 4) is 0 Å². The number of hydrogen-bond donors (Lipinski definition) is 12. The molecule has 0 spiro atoms. The highest BCUT2D eigenvalue weighted by molar-refractivity contribution is 5.87. The highest BCUT2D eigenvalue weighted by Crippen LogP contribution is 2.11. The van der Waals surface area contributed by atoms with Crippen LogP contribution in [0.1, 0.15) is 55.4 Å². The molecular weight excluding hydrogens is 764 g/mol. The van der Waals surface area contributed by atoms with Crippen molar-refractivity contribution in [3.63, 3.8) is 0 Å². The Bertz CT molecular complexity index is 1010. The molecule has 0 heterocycles. The lowest BCUT2D eigenvalue weighted by Gasteiger charge is -2.23. The summed E-state index contributed by atoms with van der Waals surface area (Å²) in [7, 11) is 0. The maximum atomic E-state index is 9.60. The van der Waals surface area contributed by atoms with Crippen LogP contribution in [0.2, 0.25) is 0 Å². The van der Waals surface area contributed by atoms with Crippen LogP contribution in [0.15, 0.2) is 97.2 Å². The molecule has 0 aromatic heterocycles. The SMILES string of the molecule is C=C(C)C(=O)O.C=C(C)C(=O)O.C=C(C)C(=O)O.C=C(C)C(=O)O.C=C(C)C(=O)O.C=C(C)C(=O)O.C=C(C)C(=O)O.C=C(C)C(=O)O.OCC(CO)(CO)CO. The van der Waals surface area contributed by atoms with Gasteiger partial charge < -0.3 is 61.3 Å². The largest absolute Gasteiger partial charge is 0.478 e. The zero-order valence-electron chi connectivity index (χ0n) is 33.6. The van der Waals surface area contributed by atoms with Gasteiger partial charge in [-0.05, 0) is 55.4 Å². The lowest BCUT2D eigenvalue weighted by molar-refractivity contribution is -0.133. The topological polar surface area (TPSA) is 379 Å². The molecule has 0 radical (unpaired) electrons. The van der Waals surface area contributed by atoms with E-state index in [-0.39, 0.29) is 44.6 Å². The minimum absolute atomic E-state index is 0.176. The van der Waals surface area contributed by atoms with E-state index in [4.69, 9.17) is 61.3 Å². The molecule has 12 N–H and O–H groups in total. The van der Waals surface area contributed by atoms with Gasteiger partial charge in [-0.15, -0.1) is 0 Å². The highest BCUT2D eigenvalue weighted by atomic mass is 16.4. The molecule has 0 rings (SSSR count). The second-order valence-electron chi connectivity index (χ2n) is 10.8. The van der Waals surface area contributed by atoms with Crippen LogP contribution in [0, 0.1) is 5.41 Å². The minimum atomic E-state index is -1.11. The third kappa shape index (κ3) is 79.4. The molecule has 0 aliphatic rings. The van der Waals surface area contributed by atoms with Crippen LogP contribution >= 0.6 is 0 Å². The number of carbonyl (C=O) groups is 8. The van der Waals surface area contributed by atoms with Gasteiger partial charge in [0.05, 0.1) is 31.8 Å². The van der Waals surface area contributed by atoms with Crippen molar-refractivity contribution < 1.29 is 99.6 Å². The van der Waals surface area contributed by atoms with Gasteiger partial charge in [-0.3, -0.25) is 0 Å². The summed E-state index contributed by atoms with van der Waals surface area (Å²) in [6, 6.07) is 0. The number of aliphatic hydroxyl groups excluding tert-OH is 4. The van der Waals surface area contributed by atoms with Gasteiger partial charge in [-0.25, -0.2) is 38.4 Å². The maximum Gasteiger partial charge on any atom is 0.330 e. The molecule has 0 saturated carbocycles. The summed E-state index contributed by atoms with van der Waals surface area (Å²) in [4.78, 5) is 76.8. The zero-order valence-corrected chi connectivity index (χ0v) is 33.6. The molecule has 0 aromatic carbocycles. The van der Waals surface area contributed by atoms with Gasteiger partial charge >= 0.3 is 47.8 Å².